The summed E-state index contributed by atoms with van der Waals surface area (Å²) in [7, 11) is 0. The highest BCUT2D eigenvalue weighted by atomic mass is 32.1. The lowest BCUT2D eigenvalue weighted by Crippen LogP contribution is -2.19. The molecule has 0 aliphatic carbocycles. The third-order valence-electron chi connectivity index (χ3n) is 15.9. The molecule has 0 aliphatic heterocycles. The number of H-pyrrole nitrogens is 2. The lowest BCUT2D eigenvalue weighted by atomic mass is 10.2. The summed E-state index contributed by atoms with van der Waals surface area (Å²) in [6, 6.07) is 35.1. The third kappa shape index (κ3) is 20.1. The molecule has 18 rings (SSSR count). The maximum Gasteiger partial charge on any atom is 0.325 e. The number of carbonyl (C=O) groups excluding carboxylic acids is 4. The van der Waals surface area contributed by atoms with E-state index in [2.05, 4.69) is 139 Å². The molecule has 14 aromatic heterocycles. The fourth-order valence-corrected chi connectivity index (χ4v) is 17.0. The maximum absolute atomic E-state index is 12.4. The van der Waals surface area contributed by atoms with Crippen LogP contribution in [-0.4, -0.2) is 98.9 Å². The summed E-state index contributed by atoms with van der Waals surface area (Å²) in [6.45, 7) is 6.21. The first-order valence-corrected chi connectivity index (χ1v) is 40.6. The predicted molar refractivity (Wildman–Crippen MR) is 461 cm³/mol. The van der Waals surface area contributed by atoms with Crippen LogP contribution >= 0.6 is 90.7 Å². The molecule has 113 heavy (non-hydrogen) atoms. The molecule has 0 unspecified atom stereocenters. The molecule has 0 saturated heterocycles. The molecule has 0 saturated carbocycles. The second-order valence-electron chi connectivity index (χ2n) is 23.8. The van der Waals surface area contributed by atoms with Crippen LogP contribution in [-0.2, 0) is 26.2 Å². The number of anilines is 12. The van der Waals surface area contributed by atoms with Gasteiger partial charge in [-0.15, -0.1) is 45.3 Å². The minimum Gasteiger partial charge on any atom is -0.364 e. The number of nitrogens with zero attached hydrogens (tertiary/aromatic N) is 13. The van der Waals surface area contributed by atoms with Gasteiger partial charge in [0.2, 0.25) is 0 Å². The van der Waals surface area contributed by atoms with E-state index in [-0.39, 0.29) is 31.6 Å². The zero-order valence-corrected chi connectivity index (χ0v) is 65.1. The molecule has 8 amide bonds. The number of nitrogens with one attached hydrogen (secondary N) is 14. The number of hydrogen-bond donors (Lipinski definition) is 14. The normalized spacial score (nSPS) is 10.8. The van der Waals surface area contributed by atoms with E-state index in [1.807, 2.05) is 151 Å². The second kappa shape index (κ2) is 36.6. The number of aryl methyl sites for hydroxylation is 2. The van der Waals surface area contributed by atoms with Gasteiger partial charge in [0, 0.05) is 67.3 Å². The molecular formula is C74H65N27O4S8. The molecule has 568 valence electrons. The monoisotopic (exact) mass is 1650 g/mol. The zero-order chi connectivity index (χ0) is 76.5. The average molecular weight is 1650 g/mol. The van der Waals surface area contributed by atoms with Crippen LogP contribution in [0.25, 0.3) is 62.8 Å². The Morgan fingerprint density at radius 1 is 0.381 bits per heavy atom. The molecule has 0 bridgehead atoms. The summed E-state index contributed by atoms with van der Waals surface area (Å²) in [6.07, 6.45) is 16.6. The van der Waals surface area contributed by atoms with Crippen molar-refractivity contribution in [3.8, 4) is 0 Å². The first-order chi connectivity index (χ1) is 54.9. The van der Waals surface area contributed by atoms with Crippen molar-refractivity contribution >= 4 is 244 Å². The first-order valence-electron chi connectivity index (χ1n) is 33.8. The van der Waals surface area contributed by atoms with Gasteiger partial charge in [0.1, 0.15) is 63.8 Å². The second-order valence-corrected chi connectivity index (χ2v) is 31.9. The SMILES string of the molecule is C.Cc1cccc(NC(=O)Nc2ncc(CNc3ncnc4ccsc34)s2)c1.Cc1cccc(NC(=O)Nc2ncc(CNc3ncnc4sccc34)s2)c1.O=C(Nc1ncc(CNc2ncnc3ccsc23)s1)Nc1cccc2[nH]cnc12.O=C(Nc1ncc(CNc2ncnc3sccc23)s1)Nc1cccc2cc[nH]c12. The maximum atomic E-state index is 12.4. The van der Waals surface area contributed by atoms with E-state index in [0.717, 1.165) is 123 Å². The van der Waals surface area contributed by atoms with Crippen LogP contribution in [0.15, 0.2) is 199 Å². The lowest BCUT2D eigenvalue weighted by molar-refractivity contribution is 0.261. The summed E-state index contributed by atoms with van der Waals surface area (Å²) in [5, 5.41) is 48.7. The van der Waals surface area contributed by atoms with Gasteiger partial charge in [0.15, 0.2) is 20.5 Å². The van der Waals surface area contributed by atoms with E-state index in [9.17, 15) is 19.2 Å². The summed E-state index contributed by atoms with van der Waals surface area (Å²) >= 11 is 12.0. The third-order valence-corrected chi connectivity index (χ3v) is 23.0. The standard InChI is InChI=1S/C19H15N7OS2.C18H14N8OS2.2C18H16N6OS2.CH4/c27-18(25-14-3-1-2-11-4-6-20-15(11)14)26-19-22-9-12(29-19)8-21-16-13-5-7-28-17(13)24-10-23-16;27-17(25-12-3-1-2-11-14(12)23-8-21-11)26-18-20-7-10(29-18)6-19-16-15-13(4-5-28-15)22-9-24-16;1-11-3-2-4-12(7-11)23-17(25)24-18-20-9-13(27-18)8-19-16-15-14(5-6-26-15)21-10-22-16;1-11-3-2-4-12(7-11)23-17(25)24-18-20-9-13(27-18)8-19-15-14-5-6-26-16(14)22-10-21-15;/h1-7,9-10,20H,8H2,(H,21,23,24)(H2,22,25,26,27);1-5,7-9H,6H2,(H,21,23)(H,19,22,24)(H2,20,25,26,27);2*2-7,9-10H,8H2,1H3,(H,19,21,22)(H2,20,23,24,25);1H4. The van der Waals surface area contributed by atoms with Gasteiger partial charge in [-0.1, -0.05) is 95.2 Å². The zero-order valence-electron chi connectivity index (χ0n) is 58.6. The molecule has 39 heteroatoms. The van der Waals surface area contributed by atoms with E-state index in [4.69, 9.17) is 0 Å². The molecule has 14 N–H and O–H groups in total. The van der Waals surface area contributed by atoms with E-state index >= 15 is 0 Å². The Kier molecular flexibility index (Phi) is 24.8. The molecule has 0 radical (unpaired) electrons. The van der Waals surface area contributed by atoms with Gasteiger partial charge >= 0.3 is 24.1 Å². The van der Waals surface area contributed by atoms with Crippen molar-refractivity contribution in [1.82, 2.24) is 74.8 Å². The van der Waals surface area contributed by atoms with Gasteiger partial charge in [-0.3, -0.25) is 21.3 Å². The number of benzene rings is 4. The Morgan fingerprint density at radius 3 is 1.28 bits per heavy atom. The van der Waals surface area contributed by atoms with Gasteiger partial charge in [0.05, 0.1) is 86.1 Å². The van der Waals surface area contributed by atoms with Crippen LogP contribution in [0, 0.1) is 13.8 Å². The number of hydrogen-bond acceptors (Lipinski definition) is 29. The number of amides is 8. The number of thiazole rings is 4. The van der Waals surface area contributed by atoms with Crippen LogP contribution in [0.3, 0.4) is 0 Å². The Morgan fingerprint density at radius 2 is 0.796 bits per heavy atom. The number of imidazole rings is 1. The summed E-state index contributed by atoms with van der Waals surface area (Å²) < 4.78 is 2.04. The van der Waals surface area contributed by atoms with Crippen molar-refractivity contribution in [2.24, 2.45) is 0 Å². The highest BCUT2D eigenvalue weighted by molar-refractivity contribution is 7.19. The molecular weight excluding hydrogens is 1590 g/mol. The summed E-state index contributed by atoms with van der Waals surface area (Å²) in [5.74, 6) is 3.17. The number of para-hydroxylation sites is 2. The van der Waals surface area contributed by atoms with Crippen LogP contribution in [0.4, 0.5) is 85.7 Å². The van der Waals surface area contributed by atoms with Gasteiger partial charge in [-0.2, -0.15) is 0 Å². The molecule has 0 atom stereocenters. The number of carbonyl (C=O) groups is 4. The van der Waals surface area contributed by atoms with Crippen LogP contribution in [0.5, 0.6) is 0 Å². The number of rotatable bonds is 20. The minimum absolute atomic E-state index is 0. The number of aromatic nitrogens is 15. The summed E-state index contributed by atoms with van der Waals surface area (Å²) in [4.78, 5) is 116. The van der Waals surface area contributed by atoms with Crippen LogP contribution in [0.2, 0.25) is 0 Å². The van der Waals surface area contributed by atoms with E-state index in [1.165, 1.54) is 45.3 Å². The highest BCUT2D eigenvalue weighted by Crippen LogP contribution is 2.32. The van der Waals surface area contributed by atoms with E-state index < -0.39 is 0 Å². The predicted octanol–water partition coefficient (Wildman–Crippen LogP) is 19.2. The Hall–Kier alpha value is -13.2. The van der Waals surface area contributed by atoms with Gasteiger partial charge in [-0.05, 0) is 119 Å². The molecule has 0 aliphatic rings. The van der Waals surface area contributed by atoms with Crippen molar-refractivity contribution in [3.63, 3.8) is 0 Å². The quantitative estimate of drug-likeness (QED) is 0.0337. The molecule has 0 fully saturated rings. The average Bonchev–Trinajstić information content (AvgIpc) is 1.67. The minimum atomic E-state index is -0.370. The van der Waals surface area contributed by atoms with Gasteiger partial charge < -0.3 is 52.5 Å². The number of urea groups is 4. The molecule has 18 aromatic rings. The number of aromatic amines is 2. The fraction of sp³-hybridized carbons (Fsp3) is 0.0946. The van der Waals surface area contributed by atoms with Gasteiger partial charge in [0.25, 0.3) is 0 Å². The molecule has 31 nitrogen and oxygen atoms in total. The highest BCUT2D eigenvalue weighted by Gasteiger charge is 2.17. The molecule has 0 spiro atoms. The van der Waals surface area contributed by atoms with Crippen LogP contribution in [0.1, 0.15) is 38.1 Å². The number of thiophene rings is 4. The van der Waals surface area contributed by atoms with Crippen molar-refractivity contribution in [3.05, 3.63) is 230 Å². The van der Waals surface area contributed by atoms with E-state index in [0.29, 0.717) is 63.6 Å². The van der Waals surface area contributed by atoms with Crippen LogP contribution < -0.4 is 63.8 Å². The van der Waals surface area contributed by atoms with Gasteiger partial charge in [-0.25, -0.2) is 84.0 Å². The Labute approximate surface area is 674 Å². The Bertz CT molecular complexity index is 5920. The van der Waals surface area contributed by atoms with E-state index in [1.54, 1.807) is 108 Å². The summed E-state index contributed by atoms with van der Waals surface area (Å²) in [5.41, 5.74) is 9.29. The van der Waals surface area contributed by atoms with Crippen molar-refractivity contribution in [2.45, 2.75) is 47.5 Å². The van der Waals surface area contributed by atoms with Crippen molar-refractivity contribution in [1.29, 1.82) is 0 Å². The van der Waals surface area contributed by atoms with Crippen molar-refractivity contribution < 1.29 is 19.2 Å². The largest absolute Gasteiger partial charge is 0.364 e. The lowest BCUT2D eigenvalue weighted by Gasteiger charge is -2.06. The fourth-order valence-electron chi connectivity index (χ4n) is 10.9. The number of fused-ring (bicyclic) bond motifs is 6. The first kappa shape index (κ1) is 76.6. The topological polar surface area (TPSA) is 412 Å². The van der Waals surface area contributed by atoms with Crippen molar-refractivity contribution in [2.75, 3.05) is 63.8 Å². The molecule has 4 aromatic carbocycles. The molecule has 14 heterocycles. The smallest absolute Gasteiger partial charge is 0.325 e. The Balaban J connectivity index is 0.000000125.